The summed E-state index contributed by atoms with van der Waals surface area (Å²) in [7, 11) is 0. The number of carbonyl (C=O) groups excluding carboxylic acids is 1. The Hall–Kier alpha value is -2.85. The number of hydrogen-bond acceptors (Lipinski definition) is 6. The summed E-state index contributed by atoms with van der Waals surface area (Å²) < 4.78 is 5.20. The molecule has 1 amide bonds. The van der Waals surface area contributed by atoms with Gasteiger partial charge in [-0.15, -0.1) is 0 Å². The van der Waals surface area contributed by atoms with Crippen LogP contribution in [0.15, 0.2) is 41.1 Å². The Kier molecular flexibility index (Phi) is 5.65. The molecule has 130 valence electrons. The van der Waals surface area contributed by atoms with E-state index < -0.39 is 0 Å². The Morgan fingerprint density at radius 1 is 1.44 bits per heavy atom. The fourth-order valence-corrected chi connectivity index (χ4v) is 2.89. The molecule has 3 heterocycles. The van der Waals surface area contributed by atoms with E-state index in [1.807, 2.05) is 18.2 Å². The molecule has 1 aliphatic rings. The average Bonchev–Trinajstić information content (AvgIpc) is 3.30. The number of nitrogens with zero attached hydrogens (tertiary/aromatic N) is 3. The number of furan rings is 1. The van der Waals surface area contributed by atoms with Crippen LogP contribution in [-0.2, 0) is 11.3 Å². The van der Waals surface area contributed by atoms with Crippen molar-refractivity contribution in [3.8, 4) is 6.07 Å². The maximum absolute atomic E-state index is 12.0. The highest BCUT2D eigenvalue weighted by molar-refractivity contribution is 5.77. The first kappa shape index (κ1) is 17.0. The van der Waals surface area contributed by atoms with Gasteiger partial charge in [0, 0.05) is 19.3 Å². The summed E-state index contributed by atoms with van der Waals surface area (Å²) in [6.07, 6.45) is 4.21. The number of pyridine rings is 1. The third kappa shape index (κ3) is 5.06. The molecule has 7 nitrogen and oxygen atoms in total. The second kappa shape index (κ2) is 8.31. The van der Waals surface area contributed by atoms with E-state index in [-0.39, 0.29) is 5.91 Å². The molecule has 2 aromatic rings. The maximum atomic E-state index is 12.0. The molecular weight excluding hydrogens is 318 g/mol. The molecule has 1 saturated heterocycles. The second-order valence-electron chi connectivity index (χ2n) is 6.17. The molecule has 0 spiro atoms. The van der Waals surface area contributed by atoms with E-state index in [1.165, 1.54) is 0 Å². The van der Waals surface area contributed by atoms with Gasteiger partial charge in [0.2, 0.25) is 5.91 Å². The van der Waals surface area contributed by atoms with Crippen LogP contribution in [-0.4, -0.2) is 42.0 Å². The van der Waals surface area contributed by atoms with E-state index in [0.29, 0.717) is 24.6 Å². The minimum absolute atomic E-state index is 0.0127. The maximum Gasteiger partial charge on any atom is 0.234 e. The van der Waals surface area contributed by atoms with Gasteiger partial charge < -0.3 is 15.1 Å². The van der Waals surface area contributed by atoms with E-state index in [4.69, 9.17) is 9.68 Å². The molecule has 7 heteroatoms. The van der Waals surface area contributed by atoms with Crippen LogP contribution < -0.4 is 10.6 Å². The van der Waals surface area contributed by atoms with Crippen LogP contribution in [0.1, 0.15) is 17.7 Å². The van der Waals surface area contributed by atoms with Gasteiger partial charge in [-0.3, -0.25) is 9.69 Å². The van der Waals surface area contributed by atoms with Crippen molar-refractivity contribution in [1.29, 1.82) is 5.26 Å². The summed E-state index contributed by atoms with van der Waals surface area (Å²) in [5, 5.41) is 14.9. The van der Waals surface area contributed by atoms with Crippen molar-refractivity contribution in [2.45, 2.75) is 13.0 Å². The number of anilines is 1. The van der Waals surface area contributed by atoms with Gasteiger partial charge in [0.05, 0.1) is 24.9 Å². The largest absolute Gasteiger partial charge is 0.467 e. The molecule has 0 radical (unpaired) electrons. The van der Waals surface area contributed by atoms with Gasteiger partial charge >= 0.3 is 0 Å². The molecule has 2 aromatic heterocycles. The summed E-state index contributed by atoms with van der Waals surface area (Å²) >= 11 is 0. The zero-order chi connectivity index (χ0) is 17.5. The highest BCUT2D eigenvalue weighted by Gasteiger charge is 2.23. The van der Waals surface area contributed by atoms with Gasteiger partial charge in [0.15, 0.2) is 0 Å². The van der Waals surface area contributed by atoms with E-state index >= 15 is 0 Å². The van der Waals surface area contributed by atoms with Crippen LogP contribution in [0.5, 0.6) is 0 Å². The normalized spacial score (nSPS) is 17.2. The number of nitriles is 1. The van der Waals surface area contributed by atoms with Gasteiger partial charge in [0.25, 0.3) is 0 Å². The number of amides is 1. The minimum Gasteiger partial charge on any atom is -0.467 e. The van der Waals surface area contributed by atoms with Crippen LogP contribution in [0.25, 0.3) is 0 Å². The number of likely N-dealkylation sites (tertiary alicyclic amines) is 1. The summed E-state index contributed by atoms with van der Waals surface area (Å²) in [4.78, 5) is 18.4. The Labute approximate surface area is 146 Å². The van der Waals surface area contributed by atoms with Crippen LogP contribution in [0.3, 0.4) is 0 Å². The molecule has 0 bridgehead atoms. The predicted molar refractivity (Wildman–Crippen MR) is 92.5 cm³/mol. The van der Waals surface area contributed by atoms with Gasteiger partial charge in [-0.2, -0.15) is 5.26 Å². The second-order valence-corrected chi connectivity index (χ2v) is 6.17. The first-order valence-electron chi connectivity index (χ1n) is 8.34. The number of rotatable bonds is 7. The van der Waals surface area contributed by atoms with Gasteiger partial charge in [0.1, 0.15) is 17.6 Å². The molecule has 1 unspecified atom stereocenters. The van der Waals surface area contributed by atoms with Crippen LogP contribution in [0, 0.1) is 17.2 Å². The van der Waals surface area contributed by atoms with E-state index in [1.54, 1.807) is 18.5 Å². The molecule has 1 aliphatic heterocycles. The lowest BCUT2D eigenvalue weighted by molar-refractivity contribution is -0.122. The Balaban J connectivity index is 1.36. The first-order valence-corrected chi connectivity index (χ1v) is 8.34. The Morgan fingerprint density at radius 3 is 3.08 bits per heavy atom. The fourth-order valence-electron chi connectivity index (χ4n) is 2.89. The van der Waals surface area contributed by atoms with E-state index in [0.717, 1.165) is 37.6 Å². The lowest BCUT2D eigenvalue weighted by Gasteiger charge is -2.16. The standard InChI is InChI=1S/C18H21N5O2/c19-8-14-3-4-17(20-9-14)21-10-15-5-6-23(12-15)13-18(24)22-11-16-2-1-7-25-16/h1-4,7,9,15H,5-6,10-13H2,(H,20,21)(H,22,24). The number of hydrogen-bond donors (Lipinski definition) is 2. The van der Waals surface area contributed by atoms with Crippen LogP contribution in [0.2, 0.25) is 0 Å². The third-order valence-corrected chi connectivity index (χ3v) is 4.24. The average molecular weight is 339 g/mol. The lowest BCUT2D eigenvalue weighted by atomic mass is 10.1. The fraction of sp³-hybridized carbons (Fsp3) is 0.389. The van der Waals surface area contributed by atoms with Gasteiger partial charge in [-0.1, -0.05) is 0 Å². The molecule has 25 heavy (non-hydrogen) atoms. The summed E-state index contributed by atoms with van der Waals surface area (Å²) in [5.74, 6) is 2.02. The SMILES string of the molecule is N#Cc1ccc(NCC2CCN(CC(=O)NCc3ccco3)C2)nc1. The van der Waals surface area contributed by atoms with Gasteiger partial charge in [-0.25, -0.2) is 4.98 Å². The molecule has 1 fully saturated rings. The lowest BCUT2D eigenvalue weighted by Crippen LogP contribution is -2.36. The first-order chi connectivity index (χ1) is 12.2. The summed E-state index contributed by atoms with van der Waals surface area (Å²) in [5.41, 5.74) is 0.554. The monoisotopic (exact) mass is 339 g/mol. The molecule has 0 saturated carbocycles. The Bertz CT molecular complexity index is 721. The molecule has 2 N–H and O–H groups in total. The van der Waals surface area contributed by atoms with Crippen molar-refractivity contribution in [1.82, 2.24) is 15.2 Å². The van der Waals surface area contributed by atoms with Crippen molar-refractivity contribution < 1.29 is 9.21 Å². The van der Waals surface area contributed by atoms with Crippen molar-refractivity contribution in [3.05, 3.63) is 48.0 Å². The van der Waals surface area contributed by atoms with Crippen molar-refractivity contribution >= 4 is 11.7 Å². The smallest absolute Gasteiger partial charge is 0.234 e. The topological polar surface area (TPSA) is 94.2 Å². The highest BCUT2D eigenvalue weighted by atomic mass is 16.3. The zero-order valence-electron chi connectivity index (χ0n) is 13.9. The molecule has 0 aliphatic carbocycles. The third-order valence-electron chi connectivity index (χ3n) is 4.24. The molecule has 0 aromatic carbocycles. The molecule has 3 rings (SSSR count). The summed E-state index contributed by atoms with van der Waals surface area (Å²) in [6.45, 7) is 3.45. The van der Waals surface area contributed by atoms with E-state index in [2.05, 4.69) is 26.6 Å². The summed E-state index contributed by atoms with van der Waals surface area (Å²) in [6, 6.07) is 9.27. The van der Waals surface area contributed by atoms with Crippen molar-refractivity contribution in [3.63, 3.8) is 0 Å². The zero-order valence-corrected chi connectivity index (χ0v) is 13.9. The highest BCUT2D eigenvalue weighted by Crippen LogP contribution is 2.16. The molecule has 1 atom stereocenters. The number of nitrogens with one attached hydrogen (secondary N) is 2. The number of aromatic nitrogens is 1. The predicted octanol–water partition coefficient (Wildman–Crippen LogP) is 1.60. The number of carbonyl (C=O) groups is 1. The van der Waals surface area contributed by atoms with Crippen LogP contribution >= 0.6 is 0 Å². The Morgan fingerprint density at radius 2 is 2.36 bits per heavy atom. The van der Waals surface area contributed by atoms with Crippen molar-refractivity contribution in [2.24, 2.45) is 5.92 Å². The van der Waals surface area contributed by atoms with Crippen LogP contribution in [0.4, 0.5) is 5.82 Å². The molecular formula is C18H21N5O2. The minimum atomic E-state index is 0.0127. The quantitative estimate of drug-likeness (QED) is 0.796. The van der Waals surface area contributed by atoms with Gasteiger partial charge in [-0.05, 0) is 43.1 Å². The van der Waals surface area contributed by atoms with E-state index in [9.17, 15) is 4.79 Å². The van der Waals surface area contributed by atoms with Crippen molar-refractivity contribution in [2.75, 3.05) is 31.5 Å².